The van der Waals surface area contributed by atoms with Crippen molar-refractivity contribution in [2.75, 3.05) is 6.54 Å². The number of aromatic nitrogens is 1. The van der Waals surface area contributed by atoms with Gasteiger partial charge in [0.1, 0.15) is 0 Å². The summed E-state index contributed by atoms with van der Waals surface area (Å²) in [6.07, 6.45) is 0.616. The summed E-state index contributed by atoms with van der Waals surface area (Å²) in [5.74, 6) is -0.241. The zero-order valence-corrected chi connectivity index (χ0v) is 14.6. The molecule has 1 aromatic carbocycles. The number of nitrogens with zero attached hydrogens (tertiary/aromatic N) is 1. The molecule has 0 amide bonds. The highest BCUT2D eigenvalue weighted by molar-refractivity contribution is 7.89. The lowest BCUT2D eigenvalue weighted by atomic mass is 9.92. The summed E-state index contributed by atoms with van der Waals surface area (Å²) in [6, 6.07) is 4.36. The maximum Gasteiger partial charge on any atom is 0.419 e. The van der Waals surface area contributed by atoms with Crippen molar-refractivity contribution in [1.82, 2.24) is 9.29 Å². The van der Waals surface area contributed by atoms with Crippen molar-refractivity contribution in [3.63, 3.8) is 0 Å². The molecule has 0 aliphatic rings. The predicted octanol–water partition coefficient (Wildman–Crippen LogP) is 1.17. The van der Waals surface area contributed by atoms with E-state index in [9.17, 15) is 13.2 Å². The largest absolute Gasteiger partial charge is 0.419 e. The quantitative estimate of drug-likeness (QED) is 0.820. The fourth-order valence-corrected chi connectivity index (χ4v) is 4.18. The normalized spacial score (nSPS) is 15.2. The Morgan fingerprint density at radius 1 is 1.39 bits per heavy atom. The number of hydrogen-bond donors (Lipinski definition) is 2. The Balaban J connectivity index is 2.41. The van der Waals surface area contributed by atoms with Crippen LogP contribution in [0.3, 0.4) is 0 Å². The van der Waals surface area contributed by atoms with E-state index in [4.69, 9.17) is 10.2 Å². The van der Waals surface area contributed by atoms with Crippen molar-refractivity contribution in [3.8, 4) is 0 Å². The van der Waals surface area contributed by atoms with Crippen LogP contribution in [0.15, 0.2) is 32.3 Å². The van der Waals surface area contributed by atoms with Crippen LogP contribution < -0.4 is 16.2 Å². The van der Waals surface area contributed by atoms with Gasteiger partial charge in [-0.1, -0.05) is 13.8 Å². The standard InChI is InChI=1S/C15H23N3O4S/c1-10(2)8-15(3,9-16)17-23(20,21)11-5-6-12-13(7-11)22-14(19)18(12)4/h5-7,10,17H,8-9,16H2,1-4H3. The molecule has 0 bridgehead atoms. The molecule has 23 heavy (non-hydrogen) atoms. The Morgan fingerprint density at radius 3 is 2.61 bits per heavy atom. The molecule has 0 fully saturated rings. The number of nitrogens with one attached hydrogen (secondary N) is 1. The van der Waals surface area contributed by atoms with Gasteiger partial charge in [0.25, 0.3) is 0 Å². The molecule has 1 aromatic heterocycles. The molecule has 7 nitrogen and oxygen atoms in total. The maximum atomic E-state index is 12.6. The van der Waals surface area contributed by atoms with Gasteiger partial charge in [0.15, 0.2) is 5.58 Å². The number of nitrogens with two attached hydrogens (primary N) is 1. The minimum atomic E-state index is -3.77. The lowest BCUT2D eigenvalue weighted by Crippen LogP contribution is -2.51. The first kappa shape index (κ1) is 17.7. The minimum Gasteiger partial charge on any atom is -0.408 e. The van der Waals surface area contributed by atoms with Gasteiger partial charge in [-0.3, -0.25) is 4.57 Å². The van der Waals surface area contributed by atoms with Crippen LogP contribution in [0.25, 0.3) is 11.1 Å². The van der Waals surface area contributed by atoms with Gasteiger partial charge in [0.2, 0.25) is 10.0 Å². The van der Waals surface area contributed by atoms with Crippen LogP contribution in [0.5, 0.6) is 0 Å². The summed E-state index contributed by atoms with van der Waals surface area (Å²) in [7, 11) is -2.21. The first-order valence-corrected chi connectivity index (χ1v) is 8.90. The average molecular weight is 341 g/mol. The number of hydrogen-bond acceptors (Lipinski definition) is 5. The Kier molecular flexibility index (Phi) is 4.70. The summed E-state index contributed by atoms with van der Waals surface area (Å²) >= 11 is 0. The van der Waals surface area contributed by atoms with Crippen LogP contribution in [-0.4, -0.2) is 25.1 Å². The smallest absolute Gasteiger partial charge is 0.408 e. The topological polar surface area (TPSA) is 107 Å². The Morgan fingerprint density at radius 2 is 2.04 bits per heavy atom. The number of benzene rings is 1. The average Bonchev–Trinajstić information content (AvgIpc) is 2.72. The van der Waals surface area contributed by atoms with Crippen molar-refractivity contribution in [1.29, 1.82) is 0 Å². The van der Waals surface area contributed by atoms with Crippen LogP contribution in [0.4, 0.5) is 0 Å². The zero-order chi connectivity index (χ0) is 17.4. The van der Waals surface area contributed by atoms with E-state index in [2.05, 4.69) is 4.72 Å². The summed E-state index contributed by atoms with van der Waals surface area (Å²) < 4.78 is 34.3. The number of aryl methyl sites for hydroxylation is 1. The van der Waals surface area contributed by atoms with Crippen molar-refractivity contribution in [3.05, 3.63) is 28.7 Å². The van der Waals surface area contributed by atoms with Crippen molar-refractivity contribution in [2.45, 2.75) is 37.6 Å². The van der Waals surface area contributed by atoms with Crippen LogP contribution in [0, 0.1) is 5.92 Å². The van der Waals surface area contributed by atoms with E-state index in [1.807, 2.05) is 13.8 Å². The maximum absolute atomic E-state index is 12.6. The molecule has 1 atom stereocenters. The van der Waals surface area contributed by atoms with E-state index in [0.717, 1.165) is 0 Å². The first-order valence-electron chi connectivity index (χ1n) is 7.41. The molecule has 0 aliphatic heterocycles. The van der Waals surface area contributed by atoms with Gasteiger partial charge in [0.05, 0.1) is 10.4 Å². The molecular weight excluding hydrogens is 318 g/mol. The van der Waals surface area contributed by atoms with Gasteiger partial charge >= 0.3 is 5.76 Å². The van der Waals surface area contributed by atoms with Gasteiger partial charge in [-0.2, -0.15) is 0 Å². The van der Waals surface area contributed by atoms with Crippen molar-refractivity contribution >= 4 is 21.1 Å². The van der Waals surface area contributed by atoms with E-state index >= 15 is 0 Å². The Labute approximate surface area is 135 Å². The van der Waals surface area contributed by atoms with Gasteiger partial charge in [-0.25, -0.2) is 17.9 Å². The van der Waals surface area contributed by atoms with Gasteiger partial charge < -0.3 is 10.2 Å². The van der Waals surface area contributed by atoms with Crippen molar-refractivity contribution in [2.24, 2.45) is 18.7 Å². The molecule has 0 saturated carbocycles. The molecule has 2 rings (SSSR count). The highest BCUT2D eigenvalue weighted by Gasteiger charge is 2.30. The fraction of sp³-hybridized carbons (Fsp3) is 0.533. The number of oxazole rings is 1. The lowest BCUT2D eigenvalue weighted by Gasteiger charge is -2.30. The van der Waals surface area contributed by atoms with E-state index < -0.39 is 21.3 Å². The molecular formula is C15H23N3O4S. The van der Waals surface area contributed by atoms with Crippen LogP contribution in [-0.2, 0) is 17.1 Å². The third-order valence-corrected chi connectivity index (χ3v) is 5.40. The summed E-state index contributed by atoms with van der Waals surface area (Å²) in [5, 5.41) is 0. The van der Waals surface area contributed by atoms with E-state index in [0.29, 0.717) is 17.9 Å². The Bertz CT molecular complexity index is 866. The molecule has 128 valence electrons. The molecule has 1 unspecified atom stereocenters. The second-order valence-corrected chi connectivity index (χ2v) is 8.21. The molecule has 2 aromatic rings. The van der Waals surface area contributed by atoms with E-state index in [1.165, 1.54) is 16.7 Å². The molecule has 3 N–H and O–H groups in total. The van der Waals surface area contributed by atoms with Crippen LogP contribution >= 0.6 is 0 Å². The second-order valence-electron chi connectivity index (χ2n) is 6.52. The molecule has 0 saturated heterocycles. The highest BCUT2D eigenvalue weighted by atomic mass is 32.2. The minimum absolute atomic E-state index is 0.0442. The highest BCUT2D eigenvalue weighted by Crippen LogP contribution is 2.22. The zero-order valence-electron chi connectivity index (χ0n) is 13.8. The fourth-order valence-electron chi connectivity index (χ4n) is 2.73. The number of rotatable bonds is 6. The van der Waals surface area contributed by atoms with Crippen LogP contribution in [0.2, 0.25) is 0 Å². The first-order chi connectivity index (χ1) is 10.6. The predicted molar refractivity (Wildman–Crippen MR) is 88.7 cm³/mol. The van der Waals surface area contributed by atoms with E-state index in [-0.39, 0.29) is 17.0 Å². The molecule has 8 heteroatoms. The summed E-state index contributed by atoms with van der Waals surface area (Å²) in [6.45, 7) is 5.98. The number of sulfonamides is 1. The third-order valence-electron chi connectivity index (χ3n) is 3.76. The lowest BCUT2D eigenvalue weighted by molar-refractivity contribution is 0.344. The Hall–Kier alpha value is -1.64. The summed E-state index contributed by atoms with van der Waals surface area (Å²) in [4.78, 5) is 11.6. The SMILES string of the molecule is CC(C)CC(C)(CN)NS(=O)(=O)c1ccc2c(c1)oc(=O)n2C. The second kappa shape index (κ2) is 6.10. The molecule has 0 spiro atoms. The van der Waals surface area contributed by atoms with Crippen LogP contribution in [0.1, 0.15) is 27.2 Å². The van der Waals surface area contributed by atoms with Gasteiger partial charge in [-0.05, 0) is 31.4 Å². The van der Waals surface area contributed by atoms with Gasteiger partial charge in [-0.15, -0.1) is 0 Å². The van der Waals surface area contributed by atoms with E-state index in [1.54, 1.807) is 20.0 Å². The van der Waals surface area contributed by atoms with Crippen molar-refractivity contribution < 1.29 is 12.8 Å². The molecule has 0 aliphatic carbocycles. The molecule has 1 heterocycles. The van der Waals surface area contributed by atoms with Gasteiger partial charge in [0, 0.05) is 25.2 Å². The third kappa shape index (κ3) is 3.65. The monoisotopic (exact) mass is 341 g/mol. The molecule has 0 radical (unpaired) electrons. The number of fused-ring (bicyclic) bond motifs is 1. The summed E-state index contributed by atoms with van der Waals surface area (Å²) in [5.41, 5.74) is 5.80.